The number of rotatable bonds is 3. The van der Waals surface area contributed by atoms with Gasteiger partial charge in [0.1, 0.15) is 5.60 Å². The van der Waals surface area contributed by atoms with Crippen molar-refractivity contribution < 1.29 is 14.3 Å². The standard InChI is InChI=1S/C15H23N3O3/c1-15(2,3)21-14(19)18-9-8-17(11-18)10-12-6-5-7-16-13(12)20-4/h5-7H,8-11H2,1-4H3. The fraction of sp³-hybridized carbons (Fsp3) is 0.600. The molecule has 0 saturated carbocycles. The van der Waals surface area contributed by atoms with E-state index in [9.17, 15) is 4.79 Å². The van der Waals surface area contributed by atoms with E-state index in [0.717, 1.165) is 12.1 Å². The molecule has 1 aromatic heterocycles. The highest BCUT2D eigenvalue weighted by molar-refractivity contribution is 5.68. The summed E-state index contributed by atoms with van der Waals surface area (Å²) >= 11 is 0. The van der Waals surface area contributed by atoms with Crippen molar-refractivity contribution in [2.24, 2.45) is 0 Å². The smallest absolute Gasteiger partial charge is 0.411 e. The number of nitrogens with zero attached hydrogens (tertiary/aromatic N) is 3. The molecule has 0 bridgehead atoms. The zero-order valence-electron chi connectivity index (χ0n) is 13.1. The summed E-state index contributed by atoms with van der Waals surface area (Å²) in [6.45, 7) is 8.38. The lowest BCUT2D eigenvalue weighted by molar-refractivity contribution is 0.0263. The second kappa shape index (κ2) is 6.30. The average Bonchev–Trinajstić information content (AvgIpc) is 2.86. The fourth-order valence-corrected chi connectivity index (χ4v) is 2.22. The maximum atomic E-state index is 12.0. The molecule has 6 nitrogen and oxygen atoms in total. The van der Waals surface area contributed by atoms with E-state index in [1.807, 2.05) is 32.9 Å². The van der Waals surface area contributed by atoms with Gasteiger partial charge in [-0.05, 0) is 26.8 Å². The maximum absolute atomic E-state index is 12.0. The molecule has 0 N–H and O–H groups in total. The first-order valence-corrected chi connectivity index (χ1v) is 7.07. The number of aromatic nitrogens is 1. The van der Waals surface area contributed by atoms with Crippen LogP contribution in [0.15, 0.2) is 18.3 Å². The lowest BCUT2D eigenvalue weighted by atomic mass is 10.2. The third-order valence-electron chi connectivity index (χ3n) is 3.15. The van der Waals surface area contributed by atoms with Crippen LogP contribution in [0, 0.1) is 0 Å². The van der Waals surface area contributed by atoms with Crippen molar-refractivity contribution in [1.29, 1.82) is 0 Å². The van der Waals surface area contributed by atoms with Crippen LogP contribution in [-0.4, -0.2) is 53.3 Å². The number of carbonyl (C=O) groups excluding carboxylic acids is 1. The van der Waals surface area contributed by atoms with Crippen LogP contribution in [0.2, 0.25) is 0 Å². The fourth-order valence-electron chi connectivity index (χ4n) is 2.22. The van der Waals surface area contributed by atoms with Crippen LogP contribution in [0.4, 0.5) is 4.79 Å². The molecule has 1 aliphatic rings. The number of ether oxygens (including phenoxy) is 2. The van der Waals surface area contributed by atoms with E-state index in [0.29, 0.717) is 25.6 Å². The quantitative estimate of drug-likeness (QED) is 0.854. The number of amides is 1. The predicted molar refractivity (Wildman–Crippen MR) is 79.0 cm³/mol. The Morgan fingerprint density at radius 1 is 1.38 bits per heavy atom. The molecule has 1 fully saturated rings. The second-order valence-corrected chi connectivity index (χ2v) is 6.11. The van der Waals surface area contributed by atoms with E-state index in [2.05, 4.69) is 9.88 Å². The van der Waals surface area contributed by atoms with Crippen LogP contribution in [0.1, 0.15) is 26.3 Å². The highest BCUT2D eigenvalue weighted by atomic mass is 16.6. The van der Waals surface area contributed by atoms with Gasteiger partial charge in [-0.2, -0.15) is 0 Å². The normalized spacial score (nSPS) is 16.1. The Morgan fingerprint density at radius 2 is 2.14 bits per heavy atom. The topological polar surface area (TPSA) is 54.9 Å². The Kier molecular flexibility index (Phi) is 4.67. The van der Waals surface area contributed by atoms with E-state index in [4.69, 9.17) is 9.47 Å². The second-order valence-electron chi connectivity index (χ2n) is 6.11. The molecule has 2 heterocycles. The van der Waals surface area contributed by atoms with Gasteiger partial charge in [0.05, 0.1) is 13.8 Å². The number of hydrogen-bond donors (Lipinski definition) is 0. The minimum absolute atomic E-state index is 0.261. The molecule has 1 amide bonds. The first-order valence-electron chi connectivity index (χ1n) is 7.07. The van der Waals surface area contributed by atoms with Crippen LogP contribution in [0.5, 0.6) is 5.88 Å². The lowest BCUT2D eigenvalue weighted by Crippen LogP contribution is -2.36. The van der Waals surface area contributed by atoms with Gasteiger partial charge in [-0.25, -0.2) is 9.78 Å². The molecular weight excluding hydrogens is 270 g/mol. The van der Waals surface area contributed by atoms with Gasteiger partial charge in [-0.3, -0.25) is 9.80 Å². The molecule has 0 radical (unpaired) electrons. The van der Waals surface area contributed by atoms with Crippen molar-refractivity contribution in [2.45, 2.75) is 32.9 Å². The van der Waals surface area contributed by atoms with Gasteiger partial charge in [-0.1, -0.05) is 6.07 Å². The first-order chi connectivity index (χ1) is 9.89. The molecule has 0 aromatic carbocycles. The van der Waals surface area contributed by atoms with Gasteiger partial charge in [0.2, 0.25) is 5.88 Å². The molecular formula is C15H23N3O3. The Hall–Kier alpha value is -1.82. The summed E-state index contributed by atoms with van der Waals surface area (Å²) in [4.78, 5) is 20.1. The first kappa shape index (κ1) is 15.6. The molecule has 1 aliphatic heterocycles. The van der Waals surface area contributed by atoms with Crippen LogP contribution in [-0.2, 0) is 11.3 Å². The molecule has 0 aliphatic carbocycles. The van der Waals surface area contributed by atoms with E-state index in [-0.39, 0.29) is 6.09 Å². The third kappa shape index (κ3) is 4.32. The van der Waals surface area contributed by atoms with Crippen LogP contribution < -0.4 is 4.74 Å². The largest absolute Gasteiger partial charge is 0.481 e. The summed E-state index contributed by atoms with van der Waals surface area (Å²) in [5.41, 5.74) is 0.558. The van der Waals surface area contributed by atoms with Gasteiger partial charge in [0, 0.05) is 31.4 Å². The minimum Gasteiger partial charge on any atom is -0.481 e. The summed E-state index contributed by atoms with van der Waals surface area (Å²) in [6, 6.07) is 3.88. The van der Waals surface area contributed by atoms with Crippen molar-refractivity contribution in [3.63, 3.8) is 0 Å². The monoisotopic (exact) mass is 293 g/mol. The summed E-state index contributed by atoms with van der Waals surface area (Å²) in [5, 5.41) is 0. The molecule has 21 heavy (non-hydrogen) atoms. The van der Waals surface area contributed by atoms with Gasteiger partial charge >= 0.3 is 6.09 Å². The lowest BCUT2D eigenvalue weighted by Gasteiger charge is -2.24. The zero-order chi connectivity index (χ0) is 15.5. The highest BCUT2D eigenvalue weighted by Crippen LogP contribution is 2.19. The van der Waals surface area contributed by atoms with Crippen LogP contribution >= 0.6 is 0 Å². The third-order valence-corrected chi connectivity index (χ3v) is 3.15. The van der Waals surface area contributed by atoms with Gasteiger partial charge in [0.15, 0.2) is 0 Å². The van der Waals surface area contributed by atoms with Crippen molar-refractivity contribution >= 4 is 6.09 Å². The summed E-state index contributed by atoms with van der Waals surface area (Å²) in [7, 11) is 1.61. The van der Waals surface area contributed by atoms with E-state index in [1.54, 1.807) is 18.2 Å². The molecule has 0 atom stereocenters. The Balaban J connectivity index is 1.92. The molecule has 1 saturated heterocycles. The summed E-state index contributed by atoms with van der Waals surface area (Å²) < 4.78 is 10.6. The summed E-state index contributed by atoms with van der Waals surface area (Å²) in [6.07, 6.45) is 1.45. The van der Waals surface area contributed by atoms with Crippen LogP contribution in [0.25, 0.3) is 0 Å². The minimum atomic E-state index is -0.461. The Morgan fingerprint density at radius 3 is 2.81 bits per heavy atom. The van der Waals surface area contributed by atoms with Gasteiger partial charge < -0.3 is 9.47 Å². The molecule has 0 spiro atoms. The van der Waals surface area contributed by atoms with Crippen molar-refractivity contribution in [1.82, 2.24) is 14.8 Å². The summed E-state index contributed by atoms with van der Waals surface area (Å²) in [5.74, 6) is 0.633. The molecule has 6 heteroatoms. The number of methoxy groups -OCH3 is 1. The zero-order valence-corrected chi connectivity index (χ0v) is 13.1. The molecule has 116 valence electrons. The maximum Gasteiger partial charge on any atom is 0.411 e. The Labute approximate surface area is 125 Å². The number of pyridine rings is 1. The Bertz CT molecular complexity index is 499. The average molecular weight is 293 g/mol. The van der Waals surface area contributed by atoms with Gasteiger partial charge in [-0.15, -0.1) is 0 Å². The van der Waals surface area contributed by atoms with E-state index < -0.39 is 5.60 Å². The molecule has 2 rings (SSSR count). The predicted octanol–water partition coefficient (Wildman–Crippen LogP) is 2.10. The van der Waals surface area contributed by atoms with E-state index >= 15 is 0 Å². The van der Waals surface area contributed by atoms with Crippen molar-refractivity contribution in [2.75, 3.05) is 26.9 Å². The SMILES string of the molecule is COc1ncccc1CN1CCN(C(=O)OC(C)(C)C)C1. The van der Waals surface area contributed by atoms with Gasteiger partial charge in [0.25, 0.3) is 0 Å². The highest BCUT2D eigenvalue weighted by Gasteiger charge is 2.28. The van der Waals surface area contributed by atoms with Crippen molar-refractivity contribution in [3.8, 4) is 5.88 Å². The number of carbonyl (C=O) groups is 1. The molecule has 1 aromatic rings. The number of hydrogen-bond acceptors (Lipinski definition) is 5. The van der Waals surface area contributed by atoms with Crippen molar-refractivity contribution in [3.05, 3.63) is 23.9 Å². The molecule has 0 unspecified atom stereocenters. The van der Waals surface area contributed by atoms with Crippen LogP contribution in [0.3, 0.4) is 0 Å². The van der Waals surface area contributed by atoms with E-state index in [1.165, 1.54) is 0 Å².